The van der Waals surface area contributed by atoms with E-state index in [0.29, 0.717) is 12.1 Å². The van der Waals surface area contributed by atoms with Crippen LogP contribution in [0, 0.1) is 0 Å². The molecule has 2 atom stereocenters. The molecule has 1 aromatic carbocycles. The fourth-order valence-corrected chi connectivity index (χ4v) is 3.23. The zero-order valence-corrected chi connectivity index (χ0v) is 14.5. The quantitative estimate of drug-likeness (QED) is 0.730. The highest BCUT2D eigenvalue weighted by Gasteiger charge is 2.13. The summed E-state index contributed by atoms with van der Waals surface area (Å²) in [5.74, 6) is 1.18. The fraction of sp³-hybridized carbons (Fsp3) is 0.647. The summed E-state index contributed by atoms with van der Waals surface area (Å²) in [6.07, 6.45) is 4.55. The van der Waals surface area contributed by atoms with Gasteiger partial charge in [0, 0.05) is 30.6 Å². The van der Waals surface area contributed by atoms with E-state index >= 15 is 0 Å². The summed E-state index contributed by atoms with van der Waals surface area (Å²) in [4.78, 5) is 2.41. The van der Waals surface area contributed by atoms with Crippen molar-refractivity contribution in [2.45, 2.75) is 45.7 Å². The van der Waals surface area contributed by atoms with E-state index in [1.54, 1.807) is 0 Å². The van der Waals surface area contributed by atoms with E-state index in [1.165, 1.54) is 29.8 Å². The SMILES string of the molecule is CCCNC(C)c1ccc(N(C)C(CC)CSC)cc1. The smallest absolute Gasteiger partial charge is 0.0374 e. The molecule has 2 unspecified atom stereocenters. The van der Waals surface area contributed by atoms with Crippen molar-refractivity contribution in [1.29, 1.82) is 0 Å². The highest BCUT2D eigenvalue weighted by Crippen LogP contribution is 2.22. The average Bonchev–Trinajstić information content (AvgIpc) is 2.49. The summed E-state index contributed by atoms with van der Waals surface area (Å²) in [7, 11) is 2.21. The molecule has 3 heteroatoms. The third-order valence-corrected chi connectivity index (χ3v) is 4.60. The van der Waals surface area contributed by atoms with Gasteiger partial charge in [-0.2, -0.15) is 11.8 Å². The predicted molar refractivity (Wildman–Crippen MR) is 94.0 cm³/mol. The predicted octanol–water partition coefficient (Wildman–Crippen LogP) is 4.33. The van der Waals surface area contributed by atoms with Crippen molar-refractivity contribution in [3.05, 3.63) is 29.8 Å². The van der Waals surface area contributed by atoms with Crippen LogP contribution in [0.2, 0.25) is 0 Å². The zero-order chi connectivity index (χ0) is 15.0. The van der Waals surface area contributed by atoms with Gasteiger partial charge in [0.2, 0.25) is 0 Å². The number of thioether (sulfide) groups is 1. The van der Waals surface area contributed by atoms with E-state index in [1.807, 2.05) is 11.8 Å². The molecule has 1 aromatic rings. The Hall–Kier alpha value is -0.670. The Bertz CT molecular complexity index is 364. The van der Waals surface area contributed by atoms with Crippen molar-refractivity contribution >= 4 is 17.4 Å². The summed E-state index contributed by atoms with van der Waals surface area (Å²) < 4.78 is 0. The molecule has 0 spiro atoms. The minimum Gasteiger partial charge on any atom is -0.371 e. The Balaban J connectivity index is 2.69. The standard InChI is InChI=1S/C17H30N2S/c1-6-12-18-14(3)15-8-10-17(11-9-15)19(4)16(7-2)13-20-5/h8-11,14,16,18H,6-7,12-13H2,1-5H3. The van der Waals surface area contributed by atoms with E-state index in [-0.39, 0.29) is 0 Å². The second-order valence-corrected chi connectivity index (χ2v) is 6.31. The summed E-state index contributed by atoms with van der Waals surface area (Å²) in [6, 6.07) is 10.1. The van der Waals surface area contributed by atoms with Gasteiger partial charge in [-0.15, -0.1) is 0 Å². The largest absolute Gasteiger partial charge is 0.371 e. The van der Waals surface area contributed by atoms with E-state index in [9.17, 15) is 0 Å². The van der Waals surface area contributed by atoms with Crippen molar-refractivity contribution in [2.24, 2.45) is 0 Å². The van der Waals surface area contributed by atoms with Gasteiger partial charge >= 0.3 is 0 Å². The molecule has 0 bridgehead atoms. The zero-order valence-electron chi connectivity index (χ0n) is 13.6. The van der Waals surface area contributed by atoms with Crippen molar-refractivity contribution in [3.8, 4) is 0 Å². The molecule has 1 N–H and O–H groups in total. The number of benzene rings is 1. The maximum atomic E-state index is 3.53. The van der Waals surface area contributed by atoms with Gasteiger partial charge < -0.3 is 10.2 Å². The third-order valence-electron chi connectivity index (χ3n) is 3.88. The number of nitrogens with zero attached hydrogens (tertiary/aromatic N) is 1. The van der Waals surface area contributed by atoms with Crippen LogP contribution < -0.4 is 10.2 Å². The molecule has 0 aliphatic rings. The molecule has 0 radical (unpaired) electrons. The van der Waals surface area contributed by atoms with Gasteiger partial charge in [-0.3, -0.25) is 0 Å². The van der Waals surface area contributed by atoms with Gasteiger partial charge in [0.05, 0.1) is 0 Å². The lowest BCUT2D eigenvalue weighted by molar-refractivity contribution is 0.570. The van der Waals surface area contributed by atoms with E-state index in [2.05, 4.69) is 68.6 Å². The lowest BCUT2D eigenvalue weighted by Crippen LogP contribution is -2.33. The van der Waals surface area contributed by atoms with Crippen LogP contribution in [0.25, 0.3) is 0 Å². The molecule has 0 amide bonds. The van der Waals surface area contributed by atoms with Crippen LogP contribution in [0.15, 0.2) is 24.3 Å². The lowest BCUT2D eigenvalue weighted by atomic mass is 10.1. The molecule has 0 heterocycles. The van der Waals surface area contributed by atoms with Crippen molar-refractivity contribution < 1.29 is 0 Å². The first-order valence-electron chi connectivity index (χ1n) is 7.69. The summed E-state index contributed by atoms with van der Waals surface area (Å²) in [5, 5.41) is 3.53. The highest BCUT2D eigenvalue weighted by atomic mass is 32.2. The van der Waals surface area contributed by atoms with Gasteiger partial charge in [-0.25, -0.2) is 0 Å². The normalized spacial score (nSPS) is 14.1. The Morgan fingerprint density at radius 3 is 2.35 bits per heavy atom. The van der Waals surface area contributed by atoms with Gasteiger partial charge in [0.15, 0.2) is 0 Å². The summed E-state index contributed by atoms with van der Waals surface area (Å²) in [6.45, 7) is 7.78. The Morgan fingerprint density at radius 2 is 1.85 bits per heavy atom. The molecule has 114 valence electrons. The minimum atomic E-state index is 0.433. The van der Waals surface area contributed by atoms with Crippen LogP contribution in [0.4, 0.5) is 5.69 Å². The average molecular weight is 295 g/mol. The molecule has 0 saturated carbocycles. The maximum Gasteiger partial charge on any atom is 0.0374 e. The molecular formula is C17H30N2S. The topological polar surface area (TPSA) is 15.3 Å². The Morgan fingerprint density at radius 1 is 1.20 bits per heavy atom. The van der Waals surface area contributed by atoms with Gasteiger partial charge in [-0.1, -0.05) is 26.0 Å². The highest BCUT2D eigenvalue weighted by molar-refractivity contribution is 7.98. The van der Waals surface area contributed by atoms with Crippen LogP contribution >= 0.6 is 11.8 Å². The lowest BCUT2D eigenvalue weighted by Gasteiger charge is -2.29. The fourth-order valence-electron chi connectivity index (χ4n) is 2.38. The van der Waals surface area contributed by atoms with Crippen LogP contribution in [0.5, 0.6) is 0 Å². The number of hydrogen-bond acceptors (Lipinski definition) is 3. The molecule has 0 aliphatic heterocycles. The Labute approximate surface area is 129 Å². The van der Waals surface area contributed by atoms with Crippen LogP contribution in [-0.4, -0.2) is 31.6 Å². The van der Waals surface area contributed by atoms with Crippen LogP contribution in [-0.2, 0) is 0 Å². The summed E-state index contributed by atoms with van der Waals surface area (Å²) >= 11 is 1.92. The molecule has 0 fully saturated rings. The Kier molecular flexibility index (Phi) is 8.08. The van der Waals surface area contributed by atoms with Crippen molar-refractivity contribution in [3.63, 3.8) is 0 Å². The molecule has 20 heavy (non-hydrogen) atoms. The second kappa shape index (κ2) is 9.30. The third kappa shape index (κ3) is 5.02. The van der Waals surface area contributed by atoms with E-state index in [4.69, 9.17) is 0 Å². The first kappa shape index (κ1) is 17.4. The maximum absolute atomic E-state index is 3.53. The first-order chi connectivity index (χ1) is 9.63. The van der Waals surface area contributed by atoms with Gasteiger partial charge in [0.25, 0.3) is 0 Å². The van der Waals surface area contributed by atoms with Crippen LogP contribution in [0.1, 0.15) is 45.2 Å². The first-order valence-corrected chi connectivity index (χ1v) is 9.08. The minimum absolute atomic E-state index is 0.433. The molecule has 0 saturated heterocycles. The summed E-state index contributed by atoms with van der Waals surface area (Å²) in [5.41, 5.74) is 2.69. The van der Waals surface area contributed by atoms with E-state index < -0.39 is 0 Å². The number of nitrogens with one attached hydrogen (secondary N) is 1. The van der Waals surface area contributed by atoms with E-state index in [0.717, 1.165) is 6.54 Å². The van der Waals surface area contributed by atoms with Gasteiger partial charge in [-0.05, 0) is 50.3 Å². The number of rotatable bonds is 9. The number of anilines is 1. The van der Waals surface area contributed by atoms with Gasteiger partial charge in [0.1, 0.15) is 0 Å². The monoisotopic (exact) mass is 294 g/mol. The van der Waals surface area contributed by atoms with Crippen molar-refractivity contribution in [2.75, 3.05) is 30.5 Å². The molecule has 0 aliphatic carbocycles. The van der Waals surface area contributed by atoms with Crippen LogP contribution in [0.3, 0.4) is 0 Å². The second-order valence-electron chi connectivity index (χ2n) is 5.40. The number of hydrogen-bond donors (Lipinski definition) is 1. The molecule has 0 aromatic heterocycles. The molecule has 1 rings (SSSR count). The van der Waals surface area contributed by atoms with Crippen molar-refractivity contribution in [1.82, 2.24) is 5.32 Å². The molecular weight excluding hydrogens is 264 g/mol. The molecule has 2 nitrogen and oxygen atoms in total.